The molecule has 0 aliphatic heterocycles. The van der Waals surface area contributed by atoms with E-state index in [4.69, 9.17) is 22.2 Å². The van der Waals surface area contributed by atoms with E-state index in [0.29, 0.717) is 59.0 Å². The molecule has 65 heavy (non-hydrogen) atoms. The monoisotopic (exact) mass is 859 g/mol. The van der Waals surface area contributed by atoms with Gasteiger partial charge in [0.2, 0.25) is 0 Å². The number of aromatic hydroxyl groups is 2. The molecule has 4 heterocycles. The molecule has 324 valence electrons. The number of rotatable bonds is 9. The van der Waals surface area contributed by atoms with Crippen LogP contribution in [0.4, 0.5) is 5.69 Å². The van der Waals surface area contributed by atoms with Gasteiger partial charge < -0.3 is 25.1 Å². The first-order valence-electron chi connectivity index (χ1n) is 20.2. The summed E-state index contributed by atoms with van der Waals surface area (Å²) in [6.45, 7) is 8.22. The minimum absolute atomic E-state index is 0. The van der Waals surface area contributed by atoms with E-state index < -0.39 is 0 Å². The molecule has 10 aromatic rings. The molecule has 0 saturated heterocycles. The van der Waals surface area contributed by atoms with E-state index >= 15 is 0 Å². The van der Waals surface area contributed by atoms with Gasteiger partial charge in [0.05, 0.1) is 41.7 Å². The van der Waals surface area contributed by atoms with Crippen LogP contribution in [0.3, 0.4) is 0 Å². The molecule has 0 saturated carbocycles. The Bertz CT molecular complexity index is 3250. The molecule has 0 fully saturated rings. The van der Waals surface area contributed by atoms with Gasteiger partial charge in [0.15, 0.2) is 40.2 Å². The van der Waals surface area contributed by atoms with E-state index in [2.05, 4.69) is 24.8 Å². The second kappa shape index (κ2) is 19.1. The normalized spacial score (nSPS) is 10.7. The number of aromatic nitrogens is 8. The largest absolute Gasteiger partial charge is 0.504 e. The summed E-state index contributed by atoms with van der Waals surface area (Å²) >= 11 is 0. The van der Waals surface area contributed by atoms with Gasteiger partial charge in [-0.2, -0.15) is 10.2 Å². The SMILES string of the molecule is C.C.CN(C)C(=N)c1ccc2nc(-c3nn(Cc4ccccc4)c(-c4ccccc4)c3O)[nH]c2c1.[C-]#[N+]c1ccc2nc(-c3nn(Cc4ccccc4)c(-c4ccccc4)c3O)[nH]c2c1. The third kappa shape index (κ3) is 9.09. The number of amidine groups is 1. The van der Waals surface area contributed by atoms with E-state index in [-0.39, 0.29) is 26.4 Å². The zero-order valence-electron chi connectivity index (χ0n) is 34.4. The van der Waals surface area contributed by atoms with Gasteiger partial charge >= 0.3 is 0 Å². The first kappa shape index (κ1) is 44.3. The Hall–Kier alpha value is -8.76. The number of H-pyrrole nitrogens is 2. The highest BCUT2D eigenvalue weighted by Gasteiger charge is 2.24. The Morgan fingerprint density at radius 3 is 1.45 bits per heavy atom. The molecular formula is C52H49N11O2. The molecule has 0 spiro atoms. The highest BCUT2D eigenvalue weighted by molar-refractivity contribution is 5.99. The van der Waals surface area contributed by atoms with Crippen LogP contribution in [0.5, 0.6) is 11.5 Å². The zero-order chi connectivity index (χ0) is 43.5. The van der Waals surface area contributed by atoms with E-state index in [1.54, 1.807) is 27.8 Å². The van der Waals surface area contributed by atoms with Crippen LogP contribution < -0.4 is 0 Å². The number of nitrogens with one attached hydrogen (secondary N) is 3. The third-order valence-electron chi connectivity index (χ3n) is 10.5. The summed E-state index contributed by atoms with van der Waals surface area (Å²) in [5.41, 5.74) is 10.3. The molecule has 0 amide bonds. The fourth-order valence-corrected chi connectivity index (χ4v) is 7.44. The van der Waals surface area contributed by atoms with E-state index in [0.717, 1.165) is 49.9 Å². The number of fused-ring (bicyclic) bond motifs is 2. The van der Waals surface area contributed by atoms with E-state index in [1.165, 1.54) is 0 Å². The second-order valence-corrected chi connectivity index (χ2v) is 15.1. The van der Waals surface area contributed by atoms with Gasteiger partial charge in [-0.15, -0.1) is 0 Å². The molecule has 5 N–H and O–H groups in total. The van der Waals surface area contributed by atoms with Crippen LogP contribution in [-0.4, -0.2) is 74.5 Å². The van der Waals surface area contributed by atoms with Crippen molar-refractivity contribution in [3.05, 3.63) is 186 Å². The standard InChI is InChI=1S/C26H24N6O.C24H17N5O.2CH4/c1-31(2)25(27)19-13-14-20-21(15-19)29-26(28-20)22-24(33)23(18-11-7-4-8-12-18)32(30-22)16-17-9-5-3-6-10-17;1-25-18-12-13-19-20(14-18)27-24(26-19)21-23(30)22(17-10-6-3-7-11-17)29(28-21)15-16-8-4-2-5-9-16;;/h3-15,27,33H,16H2,1-2H3,(H,28,29);2-14,30H,15H2,(H,26,27);2*1H4. The van der Waals surface area contributed by atoms with Gasteiger partial charge in [-0.1, -0.05) is 142 Å². The summed E-state index contributed by atoms with van der Waals surface area (Å²) in [6, 6.07) is 50.4. The molecule has 0 radical (unpaired) electrons. The van der Waals surface area contributed by atoms with Gasteiger partial charge in [0, 0.05) is 30.8 Å². The number of hydrogen-bond donors (Lipinski definition) is 5. The number of imidazole rings is 2. The summed E-state index contributed by atoms with van der Waals surface area (Å²) in [5.74, 6) is 1.52. The topological polar surface area (TPSA) is 165 Å². The molecule has 0 bridgehead atoms. The molecule has 0 aliphatic rings. The quantitative estimate of drug-likeness (QED) is 0.0547. The van der Waals surface area contributed by atoms with Crippen LogP contribution in [0.15, 0.2) is 158 Å². The fraction of sp³-hybridized carbons (Fsp3) is 0.115. The van der Waals surface area contributed by atoms with Crippen molar-refractivity contribution >= 4 is 33.6 Å². The molecule has 0 atom stereocenters. The Balaban J connectivity index is 0.000000189. The van der Waals surface area contributed by atoms with Crippen molar-refractivity contribution in [3.8, 4) is 57.1 Å². The minimum atomic E-state index is 0. The van der Waals surface area contributed by atoms with Crippen molar-refractivity contribution in [2.24, 2.45) is 0 Å². The van der Waals surface area contributed by atoms with Gasteiger partial charge in [0.25, 0.3) is 0 Å². The minimum Gasteiger partial charge on any atom is -0.504 e. The number of benzene rings is 6. The van der Waals surface area contributed by atoms with Crippen LogP contribution in [0.2, 0.25) is 0 Å². The highest BCUT2D eigenvalue weighted by Crippen LogP contribution is 2.39. The number of hydrogen-bond acceptors (Lipinski definition) is 7. The molecule has 4 aromatic heterocycles. The molecule has 13 nitrogen and oxygen atoms in total. The lowest BCUT2D eigenvalue weighted by atomic mass is 10.1. The summed E-state index contributed by atoms with van der Waals surface area (Å²) in [5, 5.41) is 40.1. The van der Waals surface area contributed by atoms with E-state index in [1.807, 2.05) is 158 Å². The van der Waals surface area contributed by atoms with E-state index in [9.17, 15) is 10.2 Å². The van der Waals surface area contributed by atoms with Gasteiger partial charge in [0.1, 0.15) is 17.2 Å². The lowest BCUT2D eigenvalue weighted by molar-refractivity contribution is 0.477. The van der Waals surface area contributed by atoms with Crippen molar-refractivity contribution in [3.63, 3.8) is 0 Å². The third-order valence-corrected chi connectivity index (χ3v) is 10.5. The number of aromatic amines is 2. The molecular weight excluding hydrogens is 811 g/mol. The predicted molar refractivity (Wildman–Crippen MR) is 260 cm³/mol. The van der Waals surface area contributed by atoms with Crippen molar-refractivity contribution in [1.82, 2.24) is 44.4 Å². The summed E-state index contributed by atoms with van der Waals surface area (Å²) in [6.07, 6.45) is 0. The Morgan fingerprint density at radius 2 is 1.02 bits per heavy atom. The predicted octanol–water partition coefficient (Wildman–Crippen LogP) is 11.4. The Morgan fingerprint density at radius 1 is 0.600 bits per heavy atom. The first-order chi connectivity index (χ1) is 30.7. The smallest absolute Gasteiger partial charge is 0.189 e. The summed E-state index contributed by atoms with van der Waals surface area (Å²) < 4.78 is 3.61. The fourth-order valence-electron chi connectivity index (χ4n) is 7.44. The van der Waals surface area contributed by atoms with Crippen LogP contribution in [0.25, 0.3) is 72.5 Å². The maximum Gasteiger partial charge on any atom is 0.189 e. The first-order valence-corrected chi connectivity index (χ1v) is 20.2. The molecule has 10 rings (SSSR count). The summed E-state index contributed by atoms with van der Waals surface area (Å²) in [4.78, 5) is 20.9. The zero-order valence-corrected chi connectivity index (χ0v) is 34.4. The van der Waals surface area contributed by atoms with Crippen LogP contribution in [0, 0.1) is 12.0 Å². The lowest BCUT2D eigenvalue weighted by Crippen LogP contribution is -2.21. The average Bonchev–Trinajstić information content (AvgIpc) is 4.09. The average molecular weight is 860 g/mol. The van der Waals surface area contributed by atoms with Gasteiger partial charge in [-0.25, -0.2) is 14.8 Å². The van der Waals surface area contributed by atoms with Crippen molar-refractivity contribution in [2.75, 3.05) is 14.1 Å². The summed E-state index contributed by atoms with van der Waals surface area (Å²) in [7, 11) is 3.68. The molecule has 0 aliphatic carbocycles. The van der Waals surface area contributed by atoms with Gasteiger partial charge in [-0.3, -0.25) is 14.8 Å². The van der Waals surface area contributed by atoms with Gasteiger partial charge in [-0.05, 0) is 41.5 Å². The van der Waals surface area contributed by atoms with Crippen molar-refractivity contribution in [2.45, 2.75) is 27.9 Å². The second-order valence-electron chi connectivity index (χ2n) is 15.1. The van der Waals surface area contributed by atoms with Crippen LogP contribution in [-0.2, 0) is 13.1 Å². The van der Waals surface area contributed by atoms with Crippen molar-refractivity contribution in [1.29, 1.82) is 5.41 Å². The maximum atomic E-state index is 11.3. The van der Waals surface area contributed by atoms with Crippen LogP contribution >= 0.6 is 0 Å². The Kier molecular flexibility index (Phi) is 13.0. The highest BCUT2D eigenvalue weighted by atomic mass is 16.3. The Labute approximate surface area is 377 Å². The molecule has 0 unspecified atom stereocenters. The lowest BCUT2D eigenvalue weighted by Gasteiger charge is -2.13. The van der Waals surface area contributed by atoms with Crippen molar-refractivity contribution < 1.29 is 10.2 Å². The number of nitrogens with zero attached hydrogens (tertiary/aromatic N) is 8. The molecule has 13 heteroatoms. The van der Waals surface area contributed by atoms with Crippen LogP contribution in [0.1, 0.15) is 31.5 Å². The molecule has 6 aromatic carbocycles. The maximum absolute atomic E-state index is 11.3.